The van der Waals surface area contributed by atoms with Crippen LogP contribution < -0.4 is 14.8 Å². The highest BCUT2D eigenvalue weighted by Crippen LogP contribution is 2.29. The molecule has 4 nitrogen and oxygen atoms in total. The van der Waals surface area contributed by atoms with E-state index in [4.69, 9.17) is 21.1 Å². The molecule has 0 fully saturated rings. The van der Waals surface area contributed by atoms with Crippen LogP contribution in [0.2, 0.25) is 5.02 Å². The lowest BCUT2D eigenvalue weighted by Crippen LogP contribution is -2.15. The zero-order valence-electron chi connectivity index (χ0n) is 13.7. The lowest BCUT2D eigenvalue weighted by Gasteiger charge is -2.12. The van der Waals surface area contributed by atoms with Crippen molar-refractivity contribution in [1.29, 1.82) is 0 Å². The Labute approximate surface area is 141 Å². The zero-order chi connectivity index (χ0) is 17.0. The summed E-state index contributed by atoms with van der Waals surface area (Å²) in [7, 11) is 3.14. The van der Waals surface area contributed by atoms with Crippen molar-refractivity contribution in [2.75, 3.05) is 19.5 Å². The summed E-state index contributed by atoms with van der Waals surface area (Å²) < 4.78 is 10.4. The van der Waals surface area contributed by atoms with Gasteiger partial charge in [0.05, 0.1) is 31.4 Å². The molecule has 0 aliphatic heterocycles. The number of halogens is 1. The van der Waals surface area contributed by atoms with Crippen molar-refractivity contribution in [2.45, 2.75) is 20.3 Å². The van der Waals surface area contributed by atoms with Gasteiger partial charge in [-0.15, -0.1) is 0 Å². The van der Waals surface area contributed by atoms with Crippen LogP contribution in [0, 0.1) is 13.8 Å². The smallest absolute Gasteiger partial charge is 0.228 e. The highest BCUT2D eigenvalue weighted by molar-refractivity contribution is 6.34. The molecule has 2 rings (SSSR count). The topological polar surface area (TPSA) is 47.6 Å². The minimum atomic E-state index is -0.133. The molecule has 0 saturated carbocycles. The molecule has 0 bridgehead atoms. The zero-order valence-corrected chi connectivity index (χ0v) is 14.5. The molecular formula is C18H20ClNO3. The van der Waals surface area contributed by atoms with Crippen LogP contribution >= 0.6 is 11.6 Å². The van der Waals surface area contributed by atoms with E-state index in [1.807, 2.05) is 32.0 Å². The first-order valence-corrected chi connectivity index (χ1v) is 7.60. The second-order valence-corrected chi connectivity index (χ2v) is 5.76. The molecule has 5 heteroatoms. The molecule has 2 aromatic carbocycles. The molecule has 1 amide bonds. The van der Waals surface area contributed by atoms with Crippen LogP contribution in [0.4, 0.5) is 5.69 Å². The summed E-state index contributed by atoms with van der Waals surface area (Å²) in [6.07, 6.45) is 0.226. The van der Waals surface area contributed by atoms with Gasteiger partial charge in [0.15, 0.2) is 11.5 Å². The van der Waals surface area contributed by atoms with E-state index in [-0.39, 0.29) is 12.3 Å². The highest BCUT2D eigenvalue weighted by atomic mass is 35.5. The minimum absolute atomic E-state index is 0.133. The van der Waals surface area contributed by atoms with Crippen LogP contribution in [0.15, 0.2) is 30.3 Å². The number of carbonyl (C=O) groups excluding carboxylic acids is 1. The Hall–Kier alpha value is -2.20. The lowest BCUT2D eigenvalue weighted by molar-refractivity contribution is -0.115. The quantitative estimate of drug-likeness (QED) is 0.894. The van der Waals surface area contributed by atoms with Crippen LogP contribution in [-0.4, -0.2) is 20.1 Å². The average molecular weight is 334 g/mol. The van der Waals surface area contributed by atoms with E-state index < -0.39 is 0 Å². The van der Waals surface area contributed by atoms with E-state index in [2.05, 4.69) is 5.32 Å². The lowest BCUT2D eigenvalue weighted by atomic mass is 10.1. The Bertz CT molecular complexity index is 705. The van der Waals surface area contributed by atoms with Crippen LogP contribution in [0.1, 0.15) is 16.7 Å². The summed E-state index contributed by atoms with van der Waals surface area (Å²) in [6, 6.07) is 9.23. The summed E-state index contributed by atoms with van der Waals surface area (Å²) in [5, 5.41) is 3.42. The minimum Gasteiger partial charge on any atom is -0.493 e. The third kappa shape index (κ3) is 4.17. The van der Waals surface area contributed by atoms with Gasteiger partial charge in [0.25, 0.3) is 0 Å². The van der Waals surface area contributed by atoms with Crippen LogP contribution in [0.25, 0.3) is 0 Å². The predicted molar refractivity (Wildman–Crippen MR) is 92.8 cm³/mol. The number of carbonyl (C=O) groups is 1. The first-order chi connectivity index (χ1) is 10.9. The molecule has 1 N–H and O–H groups in total. The summed E-state index contributed by atoms with van der Waals surface area (Å²) in [5.74, 6) is 1.10. The monoisotopic (exact) mass is 333 g/mol. The Morgan fingerprint density at radius 1 is 1.09 bits per heavy atom. The summed E-state index contributed by atoms with van der Waals surface area (Å²) in [6.45, 7) is 3.89. The molecule has 122 valence electrons. The summed E-state index contributed by atoms with van der Waals surface area (Å²) in [5.41, 5.74) is 3.49. The molecule has 0 saturated heterocycles. The number of hydrogen-bond acceptors (Lipinski definition) is 3. The number of nitrogens with one attached hydrogen (secondary N) is 1. The van der Waals surface area contributed by atoms with Gasteiger partial charge in [-0.3, -0.25) is 4.79 Å². The highest BCUT2D eigenvalue weighted by Gasteiger charge is 2.12. The number of benzene rings is 2. The van der Waals surface area contributed by atoms with E-state index in [0.29, 0.717) is 22.2 Å². The third-order valence-corrected chi connectivity index (χ3v) is 3.81. The maximum atomic E-state index is 12.3. The largest absolute Gasteiger partial charge is 0.493 e. The second kappa shape index (κ2) is 7.38. The summed E-state index contributed by atoms with van der Waals surface area (Å²) in [4.78, 5) is 12.3. The standard InChI is InChI=1S/C18H20ClNO3/c1-11-7-12(2)18(14(19)8-11)20-17(21)10-13-5-6-15(22-3)16(9-13)23-4/h5-9H,10H2,1-4H3,(H,20,21). The predicted octanol–water partition coefficient (Wildman–Crippen LogP) is 4.16. The molecule has 0 aromatic heterocycles. The fourth-order valence-electron chi connectivity index (χ4n) is 2.43. The van der Waals surface area contributed by atoms with Crippen molar-refractivity contribution in [3.63, 3.8) is 0 Å². The number of amides is 1. The van der Waals surface area contributed by atoms with Gasteiger partial charge in [-0.25, -0.2) is 0 Å². The molecule has 0 heterocycles. The van der Waals surface area contributed by atoms with Gasteiger partial charge in [-0.2, -0.15) is 0 Å². The Morgan fingerprint density at radius 3 is 2.39 bits per heavy atom. The van der Waals surface area contributed by atoms with Crippen molar-refractivity contribution >= 4 is 23.2 Å². The summed E-state index contributed by atoms with van der Waals surface area (Å²) >= 11 is 6.22. The fourth-order valence-corrected chi connectivity index (χ4v) is 2.80. The van der Waals surface area contributed by atoms with E-state index in [9.17, 15) is 4.79 Å². The Balaban J connectivity index is 2.14. The number of rotatable bonds is 5. The van der Waals surface area contributed by atoms with E-state index in [0.717, 1.165) is 16.7 Å². The molecular weight excluding hydrogens is 314 g/mol. The molecule has 0 radical (unpaired) electrons. The van der Waals surface area contributed by atoms with E-state index in [1.165, 1.54) is 0 Å². The first kappa shape index (κ1) is 17.2. The van der Waals surface area contributed by atoms with Gasteiger partial charge in [0.2, 0.25) is 5.91 Å². The average Bonchev–Trinajstić information content (AvgIpc) is 2.50. The molecule has 0 unspecified atom stereocenters. The first-order valence-electron chi connectivity index (χ1n) is 7.22. The fraction of sp³-hybridized carbons (Fsp3) is 0.278. The SMILES string of the molecule is COc1ccc(CC(=O)Nc2c(C)cc(C)cc2Cl)cc1OC. The number of hydrogen-bond donors (Lipinski definition) is 1. The Kier molecular flexibility index (Phi) is 5.50. The van der Waals surface area contributed by atoms with Crippen LogP contribution in [0.5, 0.6) is 11.5 Å². The number of aryl methyl sites for hydroxylation is 2. The van der Waals surface area contributed by atoms with Crippen LogP contribution in [0.3, 0.4) is 0 Å². The molecule has 0 aliphatic carbocycles. The van der Waals surface area contributed by atoms with Gasteiger partial charge in [-0.1, -0.05) is 23.7 Å². The number of anilines is 1. The third-order valence-electron chi connectivity index (χ3n) is 3.51. The number of methoxy groups -OCH3 is 2. The van der Waals surface area contributed by atoms with Gasteiger partial charge >= 0.3 is 0 Å². The van der Waals surface area contributed by atoms with E-state index >= 15 is 0 Å². The van der Waals surface area contributed by atoms with Gasteiger partial charge in [0.1, 0.15) is 0 Å². The number of ether oxygens (including phenoxy) is 2. The molecule has 0 atom stereocenters. The van der Waals surface area contributed by atoms with Crippen LogP contribution in [-0.2, 0) is 11.2 Å². The molecule has 0 aliphatic rings. The maximum absolute atomic E-state index is 12.3. The maximum Gasteiger partial charge on any atom is 0.228 e. The molecule has 0 spiro atoms. The molecule has 2 aromatic rings. The van der Waals surface area contributed by atoms with Crippen molar-refractivity contribution in [3.8, 4) is 11.5 Å². The van der Waals surface area contributed by atoms with Gasteiger partial charge in [-0.05, 0) is 48.7 Å². The van der Waals surface area contributed by atoms with Crippen molar-refractivity contribution in [1.82, 2.24) is 0 Å². The van der Waals surface area contributed by atoms with Crippen molar-refractivity contribution in [2.24, 2.45) is 0 Å². The normalized spacial score (nSPS) is 10.3. The van der Waals surface area contributed by atoms with Crippen molar-refractivity contribution < 1.29 is 14.3 Å². The van der Waals surface area contributed by atoms with Gasteiger partial charge in [0, 0.05) is 0 Å². The van der Waals surface area contributed by atoms with Gasteiger partial charge < -0.3 is 14.8 Å². The van der Waals surface area contributed by atoms with Crippen molar-refractivity contribution in [3.05, 3.63) is 52.0 Å². The second-order valence-electron chi connectivity index (χ2n) is 5.35. The Morgan fingerprint density at radius 2 is 1.78 bits per heavy atom. The molecule has 23 heavy (non-hydrogen) atoms. The van der Waals surface area contributed by atoms with E-state index in [1.54, 1.807) is 26.4 Å².